The van der Waals surface area contributed by atoms with Crippen LogP contribution in [0.1, 0.15) is 45.7 Å². The third-order valence-corrected chi connectivity index (χ3v) is 6.28. The number of aliphatic hydroxyl groups is 1. The summed E-state index contributed by atoms with van der Waals surface area (Å²) in [7, 11) is 0. The predicted octanol–water partition coefficient (Wildman–Crippen LogP) is 2.00. The molecule has 7 heteroatoms. The molecule has 0 unspecified atom stereocenters. The quantitative estimate of drug-likeness (QED) is 0.630. The molecule has 0 bridgehead atoms. The molecular weight excluding hydrogens is 368 g/mol. The van der Waals surface area contributed by atoms with E-state index in [-0.39, 0.29) is 5.91 Å². The summed E-state index contributed by atoms with van der Waals surface area (Å²) in [6, 6.07) is 9.74. The molecule has 3 aromatic rings. The fourth-order valence-corrected chi connectivity index (χ4v) is 4.79. The number of aryl methyl sites for hydroxylation is 2. The number of fused-ring (bicyclic) bond motifs is 2. The number of rotatable bonds is 3. The van der Waals surface area contributed by atoms with E-state index in [2.05, 4.69) is 20.8 Å². The molecule has 2 aliphatic rings. The Morgan fingerprint density at radius 2 is 2.14 bits per heavy atom. The minimum atomic E-state index is -0.851. The number of nitrogens with zero attached hydrogens (tertiary/aromatic N) is 2. The molecule has 0 spiro atoms. The van der Waals surface area contributed by atoms with Gasteiger partial charge in [0.15, 0.2) is 0 Å². The number of aliphatic hydroxyl groups excluding tert-OH is 1. The number of hydrogen-bond acceptors (Lipinski definition) is 6. The van der Waals surface area contributed by atoms with Crippen LogP contribution in [-0.4, -0.2) is 40.3 Å². The highest BCUT2D eigenvalue weighted by molar-refractivity contribution is 6.08. The van der Waals surface area contributed by atoms with Gasteiger partial charge < -0.3 is 20.3 Å². The van der Waals surface area contributed by atoms with Gasteiger partial charge in [0.25, 0.3) is 11.6 Å². The summed E-state index contributed by atoms with van der Waals surface area (Å²) in [5, 5.41) is 22.1. The second kappa shape index (κ2) is 6.93. The lowest BCUT2D eigenvalue weighted by Gasteiger charge is -2.43. The molecule has 150 valence electrons. The number of amides is 1. The molecule has 0 radical (unpaired) electrons. The second-order valence-corrected chi connectivity index (χ2v) is 7.98. The average molecular weight is 392 g/mol. The summed E-state index contributed by atoms with van der Waals surface area (Å²) in [6.45, 7) is 2.96. The van der Waals surface area contributed by atoms with Gasteiger partial charge in [-0.1, -0.05) is 35.5 Å². The van der Waals surface area contributed by atoms with Crippen molar-refractivity contribution in [1.29, 1.82) is 0 Å². The second-order valence-electron chi connectivity index (χ2n) is 7.98. The first-order valence-corrected chi connectivity index (χ1v) is 10.1. The van der Waals surface area contributed by atoms with E-state index in [9.17, 15) is 9.90 Å². The maximum absolute atomic E-state index is 13.7. The zero-order chi connectivity index (χ0) is 20.0. The fraction of sp³-hybridized carbons (Fsp3) is 0.409. The topological polar surface area (TPSA) is 100 Å². The summed E-state index contributed by atoms with van der Waals surface area (Å²) in [5.41, 5.74) is 3.62. The molecule has 1 aliphatic carbocycles. The van der Waals surface area contributed by atoms with Gasteiger partial charge in [-0.05, 0) is 50.3 Å². The van der Waals surface area contributed by atoms with Crippen LogP contribution in [0, 0.1) is 6.92 Å². The Hall–Kier alpha value is -2.77. The van der Waals surface area contributed by atoms with Crippen LogP contribution in [0.5, 0.6) is 0 Å². The summed E-state index contributed by atoms with van der Waals surface area (Å²) >= 11 is 0. The van der Waals surface area contributed by atoms with Crippen molar-refractivity contribution >= 4 is 17.0 Å². The maximum Gasteiger partial charge on any atom is 0.259 e. The zero-order valence-electron chi connectivity index (χ0n) is 16.4. The molecule has 2 atom stereocenters. The summed E-state index contributed by atoms with van der Waals surface area (Å²) < 4.78 is 5.39. The number of hydrogen-bond donors (Lipinski definition) is 3. The number of piperidine rings is 1. The molecule has 1 amide bonds. The summed E-state index contributed by atoms with van der Waals surface area (Å²) in [6.07, 6.45) is 2.48. The number of carbonyl (C=O) groups is 1. The molecule has 3 N–H and O–H groups in total. The fourth-order valence-electron chi connectivity index (χ4n) is 4.79. The van der Waals surface area contributed by atoms with Crippen molar-refractivity contribution in [1.82, 2.24) is 20.8 Å². The normalized spacial score (nSPS) is 23.9. The van der Waals surface area contributed by atoms with Gasteiger partial charge in [-0.3, -0.25) is 4.79 Å². The van der Waals surface area contributed by atoms with Crippen LogP contribution < -0.4 is 10.6 Å². The smallest absolute Gasteiger partial charge is 0.259 e. The van der Waals surface area contributed by atoms with Crippen LogP contribution in [0.2, 0.25) is 0 Å². The lowest BCUT2D eigenvalue weighted by molar-refractivity contribution is 0.0290. The first-order chi connectivity index (χ1) is 14.1. The third kappa shape index (κ3) is 2.84. The number of pyridine rings is 1. The molecule has 1 aromatic carbocycles. The van der Waals surface area contributed by atoms with Gasteiger partial charge in [0, 0.05) is 12.2 Å². The van der Waals surface area contributed by atoms with E-state index < -0.39 is 11.6 Å². The number of nitrogens with one attached hydrogen (secondary N) is 2. The van der Waals surface area contributed by atoms with E-state index in [0.29, 0.717) is 41.9 Å². The van der Waals surface area contributed by atoms with Gasteiger partial charge in [0.05, 0.1) is 28.3 Å². The van der Waals surface area contributed by atoms with Crippen LogP contribution in [0.4, 0.5) is 0 Å². The Bertz CT molecular complexity index is 1080. The molecular formula is C22H24N4O3. The largest absolute Gasteiger partial charge is 0.389 e. The minimum absolute atomic E-state index is 0.202. The highest BCUT2D eigenvalue weighted by Crippen LogP contribution is 2.35. The third-order valence-electron chi connectivity index (χ3n) is 6.28. The molecule has 7 nitrogen and oxygen atoms in total. The van der Waals surface area contributed by atoms with Gasteiger partial charge in [-0.15, -0.1) is 0 Å². The maximum atomic E-state index is 13.7. The standard InChI is InChI=1S/C22H24N4O3/c1-13-18-19(15-8-5-9-16(15)24-21(18)29-26-13)20(28)25-22(10-11-23-12-17(22)27)14-6-3-2-4-7-14/h2-4,6-7,17,23,27H,5,8-12H2,1H3,(H,25,28)/t17-,22+/m1/s1. The Balaban J connectivity index is 1.63. The number of aromatic nitrogens is 2. The van der Waals surface area contributed by atoms with Crippen LogP contribution in [0.25, 0.3) is 11.1 Å². The number of carbonyl (C=O) groups excluding carboxylic acids is 1. The van der Waals surface area contributed by atoms with Crippen molar-refractivity contribution in [3.8, 4) is 0 Å². The molecule has 1 saturated heterocycles. The SMILES string of the molecule is Cc1noc2nc3c(c(C(=O)N[C@]4(c5ccccc5)CCNC[C@H]4O)c12)CCC3. The first-order valence-electron chi connectivity index (χ1n) is 10.1. The van der Waals surface area contributed by atoms with E-state index in [1.807, 2.05) is 37.3 Å². The minimum Gasteiger partial charge on any atom is -0.389 e. The van der Waals surface area contributed by atoms with Gasteiger partial charge >= 0.3 is 0 Å². The lowest BCUT2D eigenvalue weighted by Crippen LogP contribution is -2.61. The van der Waals surface area contributed by atoms with Crippen molar-refractivity contribution in [3.05, 3.63) is 58.4 Å². The molecule has 3 heterocycles. The van der Waals surface area contributed by atoms with Crippen LogP contribution in [0.3, 0.4) is 0 Å². The highest BCUT2D eigenvalue weighted by Gasteiger charge is 2.43. The van der Waals surface area contributed by atoms with E-state index in [4.69, 9.17) is 4.52 Å². The van der Waals surface area contributed by atoms with Crippen molar-refractivity contribution in [2.75, 3.05) is 13.1 Å². The van der Waals surface area contributed by atoms with Gasteiger partial charge in [0.1, 0.15) is 0 Å². The van der Waals surface area contributed by atoms with Crippen LogP contribution in [0.15, 0.2) is 34.9 Å². The average Bonchev–Trinajstić information content (AvgIpc) is 3.35. The van der Waals surface area contributed by atoms with Gasteiger partial charge in [0.2, 0.25) is 0 Å². The van der Waals surface area contributed by atoms with Crippen molar-refractivity contribution in [2.24, 2.45) is 0 Å². The Labute approximate surface area is 168 Å². The van der Waals surface area contributed by atoms with E-state index >= 15 is 0 Å². The van der Waals surface area contributed by atoms with Gasteiger partial charge in [-0.25, -0.2) is 4.98 Å². The predicted molar refractivity (Wildman–Crippen MR) is 108 cm³/mol. The van der Waals surface area contributed by atoms with E-state index in [1.54, 1.807) is 0 Å². The van der Waals surface area contributed by atoms with Crippen LogP contribution in [-0.2, 0) is 18.4 Å². The van der Waals surface area contributed by atoms with E-state index in [1.165, 1.54) is 0 Å². The molecule has 5 rings (SSSR count). The first kappa shape index (κ1) is 18.3. The number of benzene rings is 1. The Morgan fingerprint density at radius 1 is 1.31 bits per heavy atom. The Morgan fingerprint density at radius 3 is 2.93 bits per heavy atom. The summed E-state index contributed by atoms with van der Waals surface area (Å²) in [5.74, 6) is -0.202. The van der Waals surface area contributed by atoms with Crippen molar-refractivity contribution < 1.29 is 14.4 Å². The van der Waals surface area contributed by atoms with Crippen molar-refractivity contribution in [2.45, 2.75) is 44.2 Å². The Kier molecular flexibility index (Phi) is 4.37. The highest BCUT2D eigenvalue weighted by atomic mass is 16.5. The zero-order valence-corrected chi connectivity index (χ0v) is 16.4. The molecule has 29 heavy (non-hydrogen) atoms. The summed E-state index contributed by atoms with van der Waals surface area (Å²) in [4.78, 5) is 18.3. The number of β-amino-alcohol motifs (C(OH)–C–C–N with tert-alkyl or cyclic N) is 1. The molecule has 1 aliphatic heterocycles. The monoisotopic (exact) mass is 392 g/mol. The molecule has 2 aromatic heterocycles. The molecule has 1 fully saturated rings. The molecule has 0 saturated carbocycles. The van der Waals surface area contributed by atoms with Crippen LogP contribution >= 0.6 is 0 Å². The van der Waals surface area contributed by atoms with E-state index in [0.717, 1.165) is 36.1 Å². The van der Waals surface area contributed by atoms with Gasteiger partial charge in [-0.2, -0.15) is 0 Å². The van der Waals surface area contributed by atoms with Crippen molar-refractivity contribution in [3.63, 3.8) is 0 Å². The lowest BCUT2D eigenvalue weighted by atomic mass is 9.78.